The highest BCUT2D eigenvalue weighted by Gasteiger charge is 2.41. The van der Waals surface area contributed by atoms with Crippen molar-refractivity contribution in [3.63, 3.8) is 0 Å². The lowest BCUT2D eigenvalue weighted by Gasteiger charge is -2.34. The summed E-state index contributed by atoms with van der Waals surface area (Å²) in [7, 11) is 0. The molecule has 0 saturated heterocycles. The highest BCUT2D eigenvalue weighted by atomic mass is 15.0. The molecule has 0 spiro atoms. The largest absolute Gasteiger partial charge is 0.310 e. The Kier molecular flexibility index (Phi) is 6.78. The van der Waals surface area contributed by atoms with Gasteiger partial charge in [0.25, 0.3) is 0 Å². The second-order valence-corrected chi connectivity index (χ2v) is 18.0. The molecule has 9 aromatic carbocycles. The highest BCUT2D eigenvalue weighted by Crippen LogP contribution is 2.41. The molecule has 0 atom stereocenters. The molecule has 2 nitrogen and oxygen atoms in total. The van der Waals surface area contributed by atoms with Crippen LogP contribution < -0.4 is 32.8 Å². The first-order chi connectivity index (χ1) is 29.3. The fourth-order valence-corrected chi connectivity index (χ4v) is 12.4. The lowest BCUT2D eigenvalue weighted by Crippen LogP contribution is -2.62. The van der Waals surface area contributed by atoms with E-state index in [1.807, 2.05) is 0 Å². The Morgan fingerprint density at radius 1 is 0.350 bits per heavy atom. The van der Waals surface area contributed by atoms with Gasteiger partial charge in [0.1, 0.15) is 0 Å². The van der Waals surface area contributed by atoms with Crippen LogP contribution in [0.2, 0.25) is 0 Å². The first-order valence-electron chi connectivity index (χ1n) is 21.5. The van der Waals surface area contributed by atoms with Crippen molar-refractivity contribution >= 4 is 111 Å². The predicted octanol–water partition coefficient (Wildman–Crippen LogP) is 9.70. The van der Waals surface area contributed by atoms with Crippen molar-refractivity contribution in [1.29, 1.82) is 0 Å². The van der Waals surface area contributed by atoms with E-state index in [2.05, 4.69) is 196 Å². The van der Waals surface area contributed by atoms with Gasteiger partial charge in [-0.3, -0.25) is 0 Å². The summed E-state index contributed by atoms with van der Waals surface area (Å²) in [4.78, 5) is 0. The summed E-state index contributed by atoms with van der Waals surface area (Å²) in [6, 6.07) is 56.2. The number of nitrogens with zero attached hydrogens (tertiary/aromatic N) is 2. The van der Waals surface area contributed by atoms with Crippen LogP contribution in [0.4, 0.5) is 0 Å². The number of para-hydroxylation sites is 2. The quantitative estimate of drug-likeness (QED) is 0.155. The molecule has 0 amide bonds. The Hall–Kier alpha value is -6.77. The third kappa shape index (κ3) is 4.31. The van der Waals surface area contributed by atoms with Crippen molar-refractivity contribution in [2.24, 2.45) is 0 Å². The van der Waals surface area contributed by atoms with E-state index >= 15 is 0 Å². The summed E-state index contributed by atoms with van der Waals surface area (Å²) >= 11 is 0. The maximum atomic E-state index is 2.65. The number of rotatable bonds is 2. The van der Waals surface area contributed by atoms with Crippen molar-refractivity contribution in [2.75, 3.05) is 0 Å². The first-order valence-corrected chi connectivity index (χ1v) is 21.5. The molecule has 0 unspecified atom stereocenters. The van der Waals surface area contributed by atoms with Gasteiger partial charge >= 0.3 is 0 Å². The molecule has 13 rings (SSSR count). The minimum Gasteiger partial charge on any atom is -0.310 e. The van der Waals surface area contributed by atoms with Crippen molar-refractivity contribution in [1.82, 2.24) is 9.13 Å². The Morgan fingerprint density at radius 3 is 1.18 bits per heavy atom. The zero-order valence-corrected chi connectivity index (χ0v) is 34.9. The summed E-state index contributed by atoms with van der Waals surface area (Å²) in [5, 5.41) is 10.5. The van der Waals surface area contributed by atoms with Crippen molar-refractivity contribution in [3.8, 4) is 11.4 Å². The molecule has 0 N–H and O–H groups in total. The number of fused-ring (bicyclic) bond motifs is 14. The van der Waals surface area contributed by atoms with Gasteiger partial charge < -0.3 is 9.13 Å². The fraction of sp³-hybridized carbons (Fsp3) is 0.107. The van der Waals surface area contributed by atoms with Crippen LogP contribution in [0.1, 0.15) is 33.4 Å². The molecule has 0 aliphatic carbocycles. The van der Waals surface area contributed by atoms with Gasteiger partial charge in [-0.25, -0.2) is 0 Å². The number of aryl methyl sites for hydroxylation is 6. The average Bonchev–Trinajstić information content (AvgIpc) is 3.77. The Morgan fingerprint density at radius 2 is 0.750 bits per heavy atom. The van der Waals surface area contributed by atoms with Gasteiger partial charge in [0.2, 0.25) is 13.4 Å². The van der Waals surface area contributed by atoms with E-state index in [1.165, 1.54) is 143 Å². The number of hydrogen-bond acceptors (Lipinski definition) is 0. The lowest BCUT2D eigenvalue weighted by molar-refractivity contribution is 1.15. The molecule has 0 fully saturated rings. The van der Waals surface area contributed by atoms with Crippen LogP contribution >= 0.6 is 0 Å². The van der Waals surface area contributed by atoms with E-state index in [9.17, 15) is 0 Å². The minimum atomic E-state index is 0.0566. The molecular weight excluding hydrogens is 722 g/mol. The maximum absolute atomic E-state index is 2.65. The monoisotopic (exact) mass is 764 g/mol. The van der Waals surface area contributed by atoms with Gasteiger partial charge in [0.05, 0.1) is 11.0 Å². The van der Waals surface area contributed by atoms with E-state index in [-0.39, 0.29) is 13.4 Å². The van der Waals surface area contributed by atoms with Crippen molar-refractivity contribution in [2.45, 2.75) is 41.5 Å². The normalized spacial score (nSPS) is 13.1. The van der Waals surface area contributed by atoms with E-state index < -0.39 is 0 Å². The number of aromatic nitrogens is 2. The predicted molar refractivity (Wildman–Crippen MR) is 261 cm³/mol. The van der Waals surface area contributed by atoms with E-state index in [4.69, 9.17) is 0 Å². The van der Waals surface area contributed by atoms with Crippen LogP contribution in [0.5, 0.6) is 0 Å². The van der Waals surface area contributed by atoms with Crippen LogP contribution in [-0.2, 0) is 0 Å². The van der Waals surface area contributed by atoms with E-state index in [1.54, 1.807) is 0 Å². The smallest absolute Gasteiger partial charge is 0.247 e. The third-order valence-corrected chi connectivity index (χ3v) is 14.4. The average molecular weight is 765 g/mol. The number of benzene rings is 9. The SMILES string of the molecule is Cc1cc(C)c(B2c3cc4c(cc3-n3c5ccc6ccccc6c5c5cccc2c53)-n2c3ccc5ccccc5c3c3cccc(c32)B4c2c(C)cc(C)cc2C)c(C)c1. The lowest BCUT2D eigenvalue weighted by atomic mass is 9.31. The third-order valence-electron chi connectivity index (χ3n) is 14.4. The minimum absolute atomic E-state index is 0.0566. The Labute approximate surface area is 350 Å². The van der Waals surface area contributed by atoms with Gasteiger partial charge in [-0.05, 0) is 103 Å². The molecule has 4 heterocycles. The molecule has 0 saturated carbocycles. The second kappa shape index (κ2) is 11.9. The van der Waals surface area contributed by atoms with Gasteiger partial charge in [-0.2, -0.15) is 0 Å². The molecule has 2 aliphatic heterocycles. The summed E-state index contributed by atoms with van der Waals surface area (Å²) in [5.41, 5.74) is 24.1. The highest BCUT2D eigenvalue weighted by molar-refractivity contribution is 7.01. The molecule has 11 aromatic rings. The van der Waals surface area contributed by atoms with Crippen LogP contribution in [0.15, 0.2) is 146 Å². The second-order valence-electron chi connectivity index (χ2n) is 18.0. The van der Waals surface area contributed by atoms with Gasteiger partial charge in [0.15, 0.2) is 0 Å². The van der Waals surface area contributed by atoms with Crippen LogP contribution in [0.25, 0.3) is 76.5 Å². The Bertz CT molecular complexity index is 3460. The zero-order chi connectivity index (χ0) is 40.3. The summed E-state index contributed by atoms with van der Waals surface area (Å²) in [6.45, 7) is 13.9. The molecule has 282 valence electrons. The zero-order valence-electron chi connectivity index (χ0n) is 34.9. The molecule has 2 aliphatic rings. The van der Waals surface area contributed by atoms with Crippen molar-refractivity contribution in [3.05, 3.63) is 179 Å². The first kappa shape index (κ1) is 34.1. The number of hydrogen-bond donors (Lipinski definition) is 0. The van der Waals surface area contributed by atoms with E-state index in [0.717, 1.165) is 0 Å². The van der Waals surface area contributed by atoms with Gasteiger partial charge in [-0.15, -0.1) is 0 Å². The molecule has 0 radical (unpaired) electrons. The molecule has 60 heavy (non-hydrogen) atoms. The standard InChI is InChI=1S/C56H42B2N2/c1-31-25-33(3)53(34(4)26-31)57-43-19-11-17-41-51-39-15-9-7-13-37(39)21-23-47(51)59(55(41)43)49-30-50-46(29-45(49)57)58(54-35(5)27-32(2)28-36(54)6)44-20-12-18-42-52-40-16-10-8-14-38(40)22-24-48(52)60(50)56(42)44/h7-30H,1-6H3. The maximum Gasteiger partial charge on any atom is 0.247 e. The summed E-state index contributed by atoms with van der Waals surface area (Å²) in [6.07, 6.45) is 0. The van der Waals surface area contributed by atoms with E-state index in [0.29, 0.717) is 0 Å². The Balaban J connectivity index is 1.25. The molecule has 2 aromatic heterocycles. The molecular formula is C56H42B2N2. The molecule has 0 bridgehead atoms. The summed E-state index contributed by atoms with van der Waals surface area (Å²) < 4.78 is 5.27. The topological polar surface area (TPSA) is 9.86 Å². The fourth-order valence-electron chi connectivity index (χ4n) is 12.4. The van der Waals surface area contributed by atoms with Crippen LogP contribution in [0, 0.1) is 41.5 Å². The van der Waals surface area contributed by atoms with Gasteiger partial charge in [-0.1, -0.05) is 172 Å². The van der Waals surface area contributed by atoms with Crippen LogP contribution in [0.3, 0.4) is 0 Å². The summed E-state index contributed by atoms with van der Waals surface area (Å²) in [5.74, 6) is 0. The van der Waals surface area contributed by atoms with Crippen LogP contribution in [-0.4, -0.2) is 22.6 Å². The molecule has 4 heteroatoms. The van der Waals surface area contributed by atoms with Gasteiger partial charge in [0, 0.05) is 44.0 Å². The van der Waals surface area contributed by atoms with Crippen molar-refractivity contribution < 1.29 is 0 Å².